The maximum atomic E-state index is 13.3. The van der Waals surface area contributed by atoms with Crippen molar-refractivity contribution in [3.05, 3.63) is 35.1 Å². The molecule has 1 aromatic rings. The maximum absolute atomic E-state index is 13.3. The number of benzene rings is 1. The van der Waals surface area contributed by atoms with Gasteiger partial charge in [0.2, 0.25) is 5.91 Å². The van der Waals surface area contributed by atoms with Crippen LogP contribution >= 0.6 is 0 Å². The van der Waals surface area contributed by atoms with Crippen LogP contribution in [0.1, 0.15) is 24.0 Å². The molecule has 0 bridgehead atoms. The Morgan fingerprint density at radius 2 is 2.05 bits per heavy atom. The van der Waals surface area contributed by atoms with Crippen LogP contribution in [0.4, 0.5) is 4.39 Å². The number of carbonyl (C=O) groups excluding carboxylic acids is 1. The lowest BCUT2D eigenvalue weighted by molar-refractivity contribution is -0.123. The first kappa shape index (κ1) is 14.0. The molecule has 5 heteroatoms. The zero-order chi connectivity index (χ0) is 13.8. The van der Waals surface area contributed by atoms with Gasteiger partial charge in [0.15, 0.2) is 0 Å². The molecular formula is C14H20FN3O. The third-order valence-electron chi connectivity index (χ3n) is 3.73. The van der Waals surface area contributed by atoms with Gasteiger partial charge in [0, 0.05) is 24.6 Å². The number of nitrogens with two attached hydrogens (primary N) is 2. The predicted molar refractivity (Wildman–Crippen MR) is 71.5 cm³/mol. The summed E-state index contributed by atoms with van der Waals surface area (Å²) in [6, 6.07) is 5.07. The Labute approximate surface area is 112 Å². The quantitative estimate of drug-likeness (QED) is 0.852. The van der Waals surface area contributed by atoms with E-state index in [0.29, 0.717) is 5.56 Å². The first-order chi connectivity index (χ1) is 9.10. The fourth-order valence-corrected chi connectivity index (χ4v) is 2.52. The Morgan fingerprint density at radius 3 is 2.63 bits per heavy atom. The van der Waals surface area contributed by atoms with Crippen molar-refractivity contribution >= 4 is 5.91 Å². The number of amides is 1. The van der Waals surface area contributed by atoms with Crippen LogP contribution in [0.2, 0.25) is 0 Å². The van der Waals surface area contributed by atoms with E-state index >= 15 is 0 Å². The van der Waals surface area contributed by atoms with E-state index in [-0.39, 0.29) is 24.2 Å². The first-order valence-electron chi connectivity index (χ1n) is 6.59. The van der Waals surface area contributed by atoms with Crippen LogP contribution in [-0.4, -0.2) is 23.9 Å². The second kappa shape index (κ2) is 6.12. The van der Waals surface area contributed by atoms with E-state index in [0.717, 1.165) is 38.0 Å². The summed E-state index contributed by atoms with van der Waals surface area (Å²) in [4.78, 5) is 13.3. The molecule has 0 aromatic heterocycles. The summed E-state index contributed by atoms with van der Waals surface area (Å²) in [6.45, 7) is 2.67. The molecule has 1 aliphatic heterocycles. The van der Waals surface area contributed by atoms with Crippen molar-refractivity contribution in [2.45, 2.75) is 25.9 Å². The third kappa shape index (κ3) is 3.52. The van der Waals surface area contributed by atoms with Gasteiger partial charge in [0.05, 0.1) is 0 Å². The number of hydrogen-bond acceptors (Lipinski definition) is 3. The Hall–Kier alpha value is -1.46. The SMILES string of the molecule is NCc1cc(CN2CCC(C(N)=O)CC2)ccc1F. The highest BCUT2D eigenvalue weighted by Crippen LogP contribution is 2.19. The summed E-state index contributed by atoms with van der Waals surface area (Å²) >= 11 is 0. The number of nitrogens with zero attached hydrogens (tertiary/aromatic N) is 1. The van der Waals surface area contributed by atoms with E-state index in [1.54, 1.807) is 6.07 Å². The van der Waals surface area contributed by atoms with Gasteiger partial charge in [-0.05, 0) is 37.6 Å². The molecule has 0 saturated carbocycles. The van der Waals surface area contributed by atoms with Gasteiger partial charge < -0.3 is 11.5 Å². The van der Waals surface area contributed by atoms with Gasteiger partial charge in [0.25, 0.3) is 0 Å². The van der Waals surface area contributed by atoms with E-state index in [1.165, 1.54) is 6.07 Å². The predicted octanol–water partition coefficient (Wildman–Crippen LogP) is 0.982. The molecule has 0 unspecified atom stereocenters. The number of rotatable bonds is 4. The maximum Gasteiger partial charge on any atom is 0.220 e. The molecule has 1 heterocycles. The molecule has 4 nitrogen and oxygen atoms in total. The molecule has 0 atom stereocenters. The van der Waals surface area contributed by atoms with E-state index in [9.17, 15) is 9.18 Å². The molecule has 19 heavy (non-hydrogen) atoms. The fourth-order valence-electron chi connectivity index (χ4n) is 2.52. The lowest BCUT2D eigenvalue weighted by atomic mass is 9.96. The number of piperidine rings is 1. The summed E-state index contributed by atoms with van der Waals surface area (Å²) in [6.07, 6.45) is 1.61. The van der Waals surface area contributed by atoms with Crippen LogP contribution in [0.3, 0.4) is 0 Å². The van der Waals surface area contributed by atoms with Gasteiger partial charge in [-0.3, -0.25) is 9.69 Å². The molecule has 1 aliphatic rings. The number of primary amides is 1. The van der Waals surface area contributed by atoms with Crippen molar-refractivity contribution in [3.63, 3.8) is 0 Å². The molecule has 1 fully saturated rings. The lowest BCUT2D eigenvalue weighted by Crippen LogP contribution is -2.38. The van der Waals surface area contributed by atoms with Crippen LogP contribution < -0.4 is 11.5 Å². The Kier molecular flexibility index (Phi) is 4.50. The van der Waals surface area contributed by atoms with Crippen LogP contribution in [-0.2, 0) is 17.9 Å². The zero-order valence-electron chi connectivity index (χ0n) is 10.9. The molecular weight excluding hydrogens is 245 g/mol. The number of likely N-dealkylation sites (tertiary alicyclic amines) is 1. The summed E-state index contributed by atoms with van der Waals surface area (Å²) < 4.78 is 13.3. The molecule has 104 valence electrons. The number of carbonyl (C=O) groups is 1. The third-order valence-corrected chi connectivity index (χ3v) is 3.73. The van der Waals surface area contributed by atoms with Crippen LogP contribution in [0.15, 0.2) is 18.2 Å². The van der Waals surface area contributed by atoms with E-state index in [4.69, 9.17) is 11.5 Å². The van der Waals surface area contributed by atoms with Crippen molar-refractivity contribution in [2.75, 3.05) is 13.1 Å². The topological polar surface area (TPSA) is 72.3 Å². The molecule has 1 amide bonds. The van der Waals surface area contributed by atoms with Crippen molar-refractivity contribution in [1.29, 1.82) is 0 Å². The van der Waals surface area contributed by atoms with Crippen LogP contribution in [0, 0.1) is 11.7 Å². The number of hydrogen-bond donors (Lipinski definition) is 2. The van der Waals surface area contributed by atoms with Crippen molar-refractivity contribution in [1.82, 2.24) is 4.90 Å². The highest BCUT2D eigenvalue weighted by molar-refractivity contribution is 5.76. The Balaban J connectivity index is 1.94. The fraction of sp³-hybridized carbons (Fsp3) is 0.500. The first-order valence-corrected chi connectivity index (χ1v) is 6.59. The smallest absolute Gasteiger partial charge is 0.220 e. The minimum absolute atomic E-state index is 0.00377. The molecule has 4 N–H and O–H groups in total. The summed E-state index contributed by atoms with van der Waals surface area (Å²) in [5.74, 6) is -0.449. The molecule has 2 rings (SSSR count). The Morgan fingerprint density at radius 1 is 1.37 bits per heavy atom. The van der Waals surface area contributed by atoms with E-state index in [2.05, 4.69) is 4.90 Å². The van der Waals surface area contributed by atoms with Gasteiger partial charge in [-0.15, -0.1) is 0 Å². The highest BCUT2D eigenvalue weighted by atomic mass is 19.1. The average molecular weight is 265 g/mol. The Bertz CT molecular complexity index is 456. The zero-order valence-corrected chi connectivity index (χ0v) is 10.9. The standard InChI is InChI=1S/C14H20FN3O/c15-13-2-1-10(7-12(13)8-16)9-18-5-3-11(4-6-18)14(17)19/h1-2,7,11H,3-6,8-9,16H2,(H2,17,19). The van der Waals surface area contributed by atoms with Crippen LogP contribution in [0.25, 0.3) is 0 Å². The normalized spacial score (nSPS) is 17.6. The van der Waals surface area contributed by atoms with Gasteiger partial charge in [-0.2, -0.15) is 0 Å². The van der Waals surface area contributed by atoms with Crippen molar-refractivity contribution in [3.8, 4) is 0 Å². The van der Waals surface area contributed by atoms with Gasteiger partial charge >= 0.3 is 0 Å². The van der Waals surface area contributed by atoms with E-state index in [1.807, 2.05) is 6.07 Å². The lowest BCUT2D eigenvalue weighted by Gasteiger charge is -2.30. The van der Waals surface area contributed by atoms with E-state index < -0.39 is 0 Å². The summed E-state index contributed by atoms with van der Waals surface area (Å²) in [5, 5.41) is 0. The second-order valence-electron chi connectivity index (χ2n) is 5.08. The molecule has 0 spiro atoms. The van der Waals surface area contributed by atoms with Crippen molar-refractivity contribution < 1.29 is 9.18 Å². The highest BCUT2D eigenvalue weighted by Gasteiger charge is 2.22. The second-order valence-corrected chi connectivity index (χ2v) is 5.08. The minimum Gasteiger partial charge on any atom is -0.369 e. The van der Waals surface area contributed by atoms with Gasteiger partial charge in [-0.25, -0.2) is 4.39 Å². The monoisotopic (exact) mass is 265 g/mol. The molecule has 1 aromatic carbocycles. The molecule has 0 radical (unpaired) electrons. The van der Waals surface area contributed by atoms with Gasteiger partial charge in [-0.1, -0.05) is 12.1 Å². The number of halogens is 1. The summed E-state index contributed by atoms with van der Waals surface area (Å²) in [5.41, 5.74) is 12.4. The molecule has 1 saturated heterocycles. The summed E-state index contributed by atoms with van der Waals surface area (Å²) in [7, 11) is 0. The minimum atomic E-state index is -0.251. The van der Waals surface area contributed by atoms with Gasteiger partial charge in [0.1, 0.15) is 5.82 Å². The molecule has 0 aliphatic carbocycles. The average Bonchev–Trinajstić information content (AvgIpc) is 2.41. The largest absolute Gasteiger partial charge is 0.369 e. The van der Waals surface area contributed by atoms with Crippen molar-refractivity contribution in [2.24, 2.45) is 17.4 Å². The van der Waals surface area contributed by atoms with Crippen LogP contribution in [0.5, 0.6) is 0 Å².